The van der Waals surface area contributed by atoms with E-state index in [1.54, 1.807) is 13.0 Å². The van der Waals surface area contributed by atoms with Crippen LogP contribution in [0.5, 0.6) is 0 Å². The van der Waals surface area contributed by atoms with Gasteiger partial charge in [0.05, 0.1) is 71.2 Å². The van der Waals surface area contributed by atoms with Crippen molar-refractivity contribution in [3.05, 3.63) is 159 Å². The minimum absolute atomic E-state index is 0.0189. The maximum absolute atomic E-state index is 7.12. The second-order valence-corrected chi connectivity index (χ2v) is 16.4. The molecule has 13 heteroatoms. The fraction of sp³-hybridized carbons (Fsp3) is 0.0263. The van der Waals surface area contributed by atoms with E-state index < -0.39 is 0 Å². The lowest BCUT2D eigenvalue weighted by Gasteiger charge is -2.28. The molecule has 1 radical (unpaired) electrons. The van der Waals surface area contributed by atoms with E-state index in [0.29, 0.717) is 11.1 Å². The van der Waals surface area contributed by atoms with E-state index >= 15 is 0 Å². The SMILES string of the molecule is Cc1c(Cl)c(Cl)c([C](c2c(Cl)c(Cl)c(Cl)c(Cl)c2Cl)c2c(Cl)c(Cl)c(/C=C/c3ccc4ccc5cccc6ccc3c4c56)c(Cl)c2Cl)c(Cl)c1Cl. The van der Waals surface area contributed by atoms with Crippen LogP contribution in [0, 0.1) is 12.8 Å². The van der Waals surface area contributed by atoms with Gasteiger partial charge in [-0.3, -0.25) is 0 Å². The average molecular weight is 931 g/mol. The summed E-state index contributed by atoms with van der Waals surface area (Å²) in [6.45, 7) is 1.65. The van der Waals surface area contributed by atoms with Crippen molar-refractivity contribution in [3.63, 3.8) is 0 Å². The van der Waals surface area contributed by atoms with Crippen LogP contribution in [0.4, 0.5) is 0 Å². The number of hydrogen-bond donors (Lipinski definition) is 0. The van der Waals surface area contributed by atoms with Gasteiger partial charge in [0.1, 0.15) is 0 Å². The molecule has 0 aliphatic heterocycles. The maximum Gasteiger partial charge on any atom is 0.0809 e. The molecule has 0 aromatic heterocycles. The Morgan fingerprint density at radius 3 is 1.29 bits per heavy atom. The fourth-order valence-electron chi connectivity index (χ4n) is 6.25. The molecule has 0 nitrogen and oxygen atoms in total. The summed E-state index contributed by atoms with van der Waals surface area (Å²) < 4.78 is 0. The van der Waals surface area contributed by atoms with Crippen molar-refractivity contribution in [1.82, 2.24) is 0 Å². The Morgan fingerprint density at radius 2 is 0.784 bits per heavy atom. The van der Waals surface area contributed by atoms with Crippen LogP contribution >= 0.6 is 151 Å². The molecule has 0 aliphatic rings. The first-order valence-corrected chi connectivity index (χ1v) is 19.5. The second kappa shape index (κ2) is 14.6. The number of rotatable bonds is 5. The van der Waals surface area contributed by atoms with Crippen LogP contribution in [-0.4, -0.2) is 0 Å². The molecule has 7 aromatic carbocycles. The van der Waals surface area contributed by atoms with Crippen molar-refractivity contribution in [3.8, 4) is 0 Å². The normalized spacial score (nSPS) is 12.2. The molecule has 0 saturated heterocycles. The smallest absolute Gasteiger partial charge is 0.0809 e. The van der Waals surface area contributed by atoms with Crippen LogP contribution in [0.15, 0.2) is 54.6 Å². The predicted molar refractivity (Wildman–Crippen MR) is 229 cm³/mol. The number of benzene rings is 7. The van der Waals surface area contributed by atoms with Gasteiger partial charge in [-0.15, -0.1) is 0 Å². The van der Waals surface area contributed by atoms with Crippen molar-refractivity contribution in [2.75, 3.05) is 0 Å². The van der Waals surface area contributed by atoms with Gasteiger partial charge in [0.25, 0.3) is 0 Å². The highest BCUT2D eigenvalue weighted by Crippen LogP contribution is 2.57. The molecule has 0 fully saturated rings. The van der Waals surface area contributed by atoms with Gasteiger partial charge in [-0.2, -0.15) is 0 Å². The Labute approximate surface area is 357 Å². The van der Waals surface area contributed by atoms with Gasteiger partial charge < -0.3 is 0 Å². The molecule has 7 aromatic rings. The zero-order valence-electron chi connectivity index (χ0n) is 25.3. The highest BCUT2D eigenvalue weighted by atomic mass is 35.5. The third-order valence-electron chi connectivity index (χ3n) is 8.73. The molecular formula is C38H14Cl13. The quantitative estimate of drug-likeness (QED) is 0.0530. The van der Waals surface area contributed by atoms with Gasteiger partial charge in [-0.05, 0) is 50.4 Å². The van der Waals surface area contributed by atoms with Crippen LogP contribution in [0.3, 0.4) is 0 Å². The Balaban J connectivity index is 1.48. The molecule has 0 atom stereocenters. The molecule has 51 heavy (non-hydrogen) atoms. The zero-order valence-corrected chi connectivity index (χ0v) is 35.1. The Bertz CT molecular complexity index is 2470. The summed E-state index contributed by atoms with van der Waals surface area (Å²) in [7, 11) is 0. The van der Waals surface area contributed by atoms with Crippen molar-refractivity contribution in [1.29, 1.82) is 0 Å². The van der Waals surface area contributed by atoms with Gasteiger partial charge in [-0.25, -0.2) is 0 Å². The first kappa shape index (κ1) is 38.4. The first-order chi connectivity index (χ1) is 24.2. The van der Waals surface area contributed by atoms with Crippen molar-refractivity contribution < 1.29 is 0 Å². The van der Waals surface area contributed by atoms with Crippen LogP contribution in [0.2, 0.25) is 65.3 Å². The standard InChI is InChI=1S/C38H14Cl13/c1-13-26(39)30(43)23(31(44)27(13)40)22(25-34(47)36(49)38(51)37(50)35(25)48)24-32(45)28(41)19(29(42)33(24)46)12-9-14-5-6-17-8-7-15-3-2-4-16-10-11-18(14)21(17)20(15)16/h2-12H,1H3/b12-9+. The summed E-state index contributed by atoms with van der Waals surface area (Å²) in [5, 5.41) is 6.36. The Kier molecular flexibility index (Phi) is 11.0. The molecule has 0 saturated carbocycles. The van der Waals surface area contributed by atoms with E-state index in [9.17, 15) is 0 Å². The molecule has 0 spiro atoms. The van der Waals surface area contributed by atoms with E-state index in [1.807, 2.05) is 12.1 Å². The van der Waals surface area contributed by atoms with Crippen molar-refractivity contribution in [2.45, 2.75) is 6.92 Å². The van der Waals surface area contributed by atoms with Crippen LogP contribution < -0.4 is 0 Å². The van der Waals surface area contributed by atoms with E-state index in [2.05, 4.69) is 48.5 Å². The lowest BCUT2D eigenvalue weighted by molar-refractivity contribution is 1.22. The van der Waals surface area contributed by atoms with Crippen LogP contribution in [-0.2, 0) is 0 Å². The largest absolute Gasteiger partial charge is 0.0824 e. The Hall–Kier alpha value is -0.910. The monoisotopic (exact) mass is 925 g/mol. The summed E-state index contributed by atoms with van der Waals surface area (Å²) in [6.07, 6.45) is 3.64. The second-order valence-electron chi connectivity index (χ2n) is 11.5. The highest BCUT2D eigenvalue weighted by molar-refractivity contribution is 6.56. The maximum atomic E-state index is 7.12. The van der Waals surface area contributed by atoms with Crippen molar-refractivity contribution in [2.24, 2.45) is 0 Å². The molecule has 0 aliphatic carbocycles. The van der Waals surface area contributed by atoms with Gasteiger partial charge in [0.15, 0.2) is 0 Å². The molecule has 7 rings (SSSR count). The molecule has 0 N–H and O–H groups in total. The summed E-state index contributed by atoms with van der Waals surface area (Å²) in [4.78, 5) is 0. The average Bonchev–Trinajstić information content (AvgIpc) is 3.13. The van der Waals surface area contributed by atoms with E-state index in [4.69, 9.17) is 151 Å². The lowest BCUT2D eigenvalue weighted by Crippen LogP contribution is -2.12. The third kappa shape index (κ3) is 6.15. The highest BCUT2D eigenvalue weighted by Gasteiger charge is 2.37. The summed E-state index contributed by atoms with van der Waals surface area (Å²) >= 11 is 88.5. The zero-order chi connectivity index (χ0) is 36.8. The van der Waals surface area contributed by atoms with Crippen molar-refractivity contribution >= 4 is 195 Å². The minimum Gasteiger partial charge on any atom is -0.0824 e. The third-order valence-corrected chi connectivity index (χ3v) is 14.6. The van der Waals surface area contributed by atoms with E-state index in [0.717, 1.165) is 32.5 Å². The van der Waals surface area contributed by atoms with Crippen LogP contribution in [0.25, 0.3) is 44.5 Å². The molecule has 0 bridgehead atoms. The van der Waals surface area contributed by atoms with Gasteiger partial charge in [-0.1, -0.05) is 218 Å². The molecular weight excluding hydrogens is 917 g/mol. The minimum atomic E-state index is -0.122. The molecule has 0 heterocycles. The topological polar surface area (TPSA) is 0 Å². The summed E-state index contributed by atoms with van der Waals surface area (Å²) in [5.74, 6) is 0.0466. The summed E-state index contributed by atoms with van der Waals surface area (Å²) in [5.41, 5.74) is 1.80. The van der Waals surface area contributed by atoms with E-state index in [-0.39, 0.29) is 87.9 Å². The number of hydrogen-bond acceptors (Lipinski definition) is 0. The molecule has 0 unspecified atom stereocenters. The van der Waals surface area contributed by atoms with Gasteiger partial charge >= 0.3 is 0 Å². The number of halogens is 13. The summed E-state index contributed by atoms with van der Waals surface area (Å²) in [6, 6.07) is 18.8. The van der Waals surface area contributed by atoms with Gasteiger partial charge in [0, 0.05) is 22.3 Å². The van der Waals surface area contributed by atoms with E-state index in [1.165, 1.54) is 5.39 Å². The Morgan fingerprint density at radius 1 is 0.392 bits per heavy atom. The first-order valence-electron chi connectivity index (χ1n) is 14.6. The fourth-order valence-corrected chi connectivity index (χ4v) is 9.90. The molecule has 0 amide bonds. The predicted octanol–water partition coefficient (Wildman–Crippen LogP) is 18.6. The lowest BCUT2D eigenvalue weighted by atomic mass is 9.83. The van der Waals surface area contributed by atoms with Gasteiger partial charge in [0.2, 0.25) is 0 Å². The molecule has 257 valence electrons. The van der Waals surface area contributed by atoms with Crippen LogP contribution in [0.1, 0.15) is 33.4 Å².